The van der Waals surface area contributed by atoms with E-state index in [1.807, 2.05) is 36.4 Å². The van der Waals surface area contributed by atoms with Gasteiger partial charge in [-0.1, -0.05) is 37.3 Å². The van der Waals surface area contributed by atoms with Gasteiger partial charge in [0.2, 0.25) is 0 Å². The monoisotopic (exact) mass is 468 g/mol. The normalized spacial score (nSPS) is 28.9. The van der Waals surface area contributed by atoms with Gasteiger partial charge in [-0.25, -0.2) is 4.79 Å². The highest BCUT2D eigenvalue weighted by Gasteiger charge is 2.53. The first-order valence-corrected chi connectivity index (χ1v) is 13.1. The number of methoxy groups -OCH3 is 1. The Kier molecular flexibility index (Phi) is 6.01. The molecule has 170 valence electrons. The van der Waals surface area contributed by atoms with Crippen molar-refractivity contribution in [2.24, 2.45) is 23.2 Å². The van der Waals surface area contributed by atoms with Crippen LogP contribution in [0, 0.1) is 23.2 Å². The third-order valence-corrected chi connectivity index (χ3v) is 9.28. The fourth-order valence-electron chi connectivity index (χ4n) is 7.08. The molecule has 1 heterocycles. The maximum absolute atomic E-state index is 12.4. The van der Waals surface area contributed by atoms with Crippen LogP contribution in [0.4, 0.5) is 5.00 Å². The molecule has 4 aliphatic rings. The smallest absolute Gasteiger partial charge is 0.340 e. The van der Waals surface area contributed by atoms with Crippen molar-refractivity contribution < 1.29 is 9.53 Å². The zero-order valence-corrected chi connectivity index (χ0v) is 20.5. The molecule has 2 aromatic rings. The molecule has 1 unspecified atom stereocenters. The summed E-state index contributed by atoms with van der Waals surface area (Å²) in [5.74, 6) is 2.39. The predicted molar refractivity (Wildman–Crippen MR) is 135 cm³/mol. The molecule has 0 aliphatic heterocycles. The molecule has 4 saturated carbocycles. The van der Waals surface area contributed by atoms with E-state index in [4.69, 9.17) is 17.0 Å². The van der Waals surface area contributed by atoms with E-state index in [0.717, 1.165) is 39.6 Å². The van der Waals surface area contributed by atoms with Crippen molar-refractivity contribution in [2.45, 2.75) is 57.9 Å². The van der Waals surface area contributed by atoms with Gasteiger partial charge in [0.1, 0.15) is 5.00 Å². The number of rotatable bonds is 6. The number of anilines is 1. The van der Waals surface area contributed by atoms with Gasteiger partial charge in [0.15, 0.2) is 5.11 Å². The minimum absolute atomic E-state index is 0.346. The quantitative estimate of drug-likeness (QED) is 0.375. The van der Waals surface area contributed by atoms with E-state index in [1.165, 1.54) is 57.0 Å². The van der Waals surface area contributed by atoms with Crippen LogP contribution in [0.2, 0.25) is 0 Å². The fraction of sp³-hybridized carbons (Fsp3) is 0.538. The van der Waals surface area contributed by atoms with Crippen molar-refractivity contribution in [3.8, 4) is 10.4 Å². The van der Waals surface area contributed by atoms with Crippen LogP contribution in [-0.2, 0) is 4.74 Å². The molecule has 2 N–H and O–H groups in total. The van der Waals surface area contributed by atoms with Gasteiger partial charge < -0.3 is 15.4 Å². The van der Waals surface area contributed by atoms with Crippen LogP contribution in [0.1, 0.15) is 62.2 Å². The van der Waals surface area contributed by atoms with Crippen LogP contribution >= 0.6 is 23.6 Å². The number of hydrogen-bond donors (Lipinski definition) is 2. The van der Waals surface area contributed by atoms with E-state index >= 15 is 0 Å². The molecule has 0 saturated heterocycles. The molecular formula is C26H32N2O2S2. The Morgan fingerprint density at radius 2 is 1.78 bits per heavy atom. The maximum Gasteiger partial charge on any atom is 0.340 e. The molecule has 0 amide bonds. The minimum atomic E-state index is -0.346. The Hall–Kier alpha value is -1.92. The molecule has 32 heavy (non-hydrogen) atoms. The molecule has 1 aromatic carbocycles. The zero-order valence-electron chi connectivity index (χ0n) is 18.9. The first kappa shape index (κ1) is 21.9. The van der Waals surface area contributed by atoms with Crippen LogP contribution in [0.3, 0.4) is 0 Å². The summed E-state index contributed by atoms with van der Waals surface area (Å²) < 4.78 is 5.04. The van der Waals surface area contributed by atoms with Crippen molar-refractivity contribution in [3.05, 3.63) is 42.0 Å². The number of esters is 1. The molecule has 6 heteroatoms. The summed E-state index contributed by atoms with van der Waals surface area (Å²) in [4.78, 5) is 13.5. The number of carbonyl (C=O) groups excluding carboxylic acids is 1. The number of thiophene rings is 1. The van der Waals surface area contributed by atoms with Crippen LogP contribution in [0.5, 0.6) is 0 Å². The van der Waals surface area contributed by atoms with Crippen molar-refractivity contribution in [1.82, 2.24) is 5.32 Å². The lowest BCUT2D eigenvalue weighted by Crippen LogP contribution is -2.57. The van der Waals surface area contributed by atoms with Gasteiger partial charge in [0, 0.05) is 10.9 Å². The van der Waals surface area contributed by atoms with E-state index in [0.29, 0.717) is 22.1 Å². The van der Waals surface area contributed by atoms with E-state index < -0.39 is 0 Å². The second kappa shape index (κ2) is 8.79. The first-order valence-electron chi connectivity index (χ1n) is 11.8. The van der Waals surface area contributed by atoms with E-state index in [9.17, 15) is 4.79 Å². The molecule has 4 aliphatic carbocycles. The third-order valence-electron chi connectivity index (χ3n) is 7.96. The zero-order chi connectivity index (χ0) is 22.3. The van der Waals surface area contributed by atoms with Gasteiger partial charge in [0.25, 0.3) is 0 Å². The highest BCUT2D eigenvalue weighted by atomic mass is 32.1. The highest BCUT2D eigenvalue weighted by molar-refractivity contribution is 7.80. The predicted octanol–water partition coefficient (Wildman–Crippen LogP) is 6.48. The summed E-state index contributed by atoms with van der Waals surface area (Å²) in [6.45, 7) is 2.28. The lowest BCUT2D eigenvalue weighted by molar-refractivity contribution is -0.0710. The average Bonchev–Trinajstić information content (AvgIpc) is 3.20. The van der Waals surface area contributed by atoms with Crippen LogP contribution < -0.4 is 10.6 Å². The summed E-state index contributed by atoms with van der Waals surface area (Å²) in [7, 11) is 1.42. The van der Waals surface area contributed by atoms with Crippen molar-refractivity contribution in [3.63, 3.8) is 0 Å². The van der Waals surface area contributed by atoms with Crippen LogP contribution in [-0.4, -0.2) is 24.2 Å². The van der Waals surface area contributed by atoms with Gasteiger partial charge in [-0.3, -0.25) is 0 Å². The Balaban J connectivity index is 1.34. The average molecular weight is 469 g/mol. The topological polar surface area (TPSA) is 50.4 Å². The fourth-order valence-corrected chi connectivity index (χ4v) is 8.45. The highest BCUT2D eigenvalue weighted by Crippen LogP contribution is 2.61. The van der Waals surface area contributed by atoms with Gasteiger partial charge in [-0.05, 0) is 92.0 Å². The van der Waals surface area contributed by atoms with Crippen molar-refractivity contribution in [2.75, 3.05) is 12.4 Å². The number of ether oxygens (including phenoxy) is 1. The summed E-state index contributed by atoms with van der Waals surface area (Å²) >= 11 is 7.31. The number of carbonyl (C=O) groups is 1. The number of benzene rings is 1. The Morgan fingerprint density at radius 3 is 2.34 bits per heavy atom. The SMILES string of the molecule is CCC(NC(=S)Nc1sc(-c2ccccc2)cc1C(=O)OC)C12CC3CC(CC(C3)C1)C2. The molecule has 0 spiro atoms. The molecule has 1 aromatic heterocycles. The van der Waals surface area contributed by atoms with Gasteiger partial charge >= 0.3 is 5.97 Å². The number of hydrogen-bond acceptors (Lipinski definition) is 4. The van der Waals surface area contributed by atoms with Crippen molar-refractivity contribution >= 4 is 39.6 Å². The van der Waals surface area contributed by atoms with E-state index in [1.54, 1.807) is 0 Å². The summed E-state index contributed by atoms with van der Waals surface area (Å²) in [6, 6.07) is 12.4. The third kappa shape index (κ3) is 4.08. The first-order chi connectivity index (χ1) is 15.5. The van der Waals surface area contributed by atoms with E-state index in [-0.39, 0.29) is 5.97 Å². The lowest BCUT2D eigenvalue weighted by atomic mass is 9.47. The van der Waals surface area contributed by atoms with Gasteiger partial charge in [0.05, 0.1) is 12.7 Å². The second-order valence-corrected chi connectivity index (χ2v) is 11.5. The Morgan fingerprint density at radius 1 is 1.16 bits per heavy atom. The van der Waals surface area contributed by atoms with Crippen LogP contribution in [0.15, 0.2) is 36.4 Å². The molecule has 0 radical (unpaired) electrons. The van der Waals surface area contributed by atoms with E-state index in [2.05, 4.69) is 17.6 Å². The summed E-state index contributed by atoms with van der Waals surface area (Å²) in [6.07, 6.45) is 9.43. The standard InChI is InChI=1S/C26H32N2O2S2/c1-3-22(26-13-16-9-17(14-26)11-18(10-16)15-26)27-25(31)28-23-20(24(29)30-2)12-21(32-23)19-7-5-4-6-8-19/h4-8,12,16-18,22H,3,9-11,13-15H2,1-2H3,(H2,27,28,31). The molecule has 1 atom stereocenters. The molecular weight excluding hydrogens is 436 g/mol. The summed E-state index contributed by atoms with van der Waals surface area (Å²) in [5.41, 5.74) is 1.99. The molecule has 6 rings (SSSR count). The second-order valence-electron chi connectivity index (χ2n) is 10.1. The lowest BCUT2D eigenvalue weighted by Gasteiger charge is -2.59. The number of nitrogens with one attached hydrogen (secondary N) is 2. The van der Waals surface area contributed by atoms with Crippen molar-refractivity contribution in [1.29, 1.82) is 0 Å². The summed E-state index contributed by atoms with van der Waals surface area (Å²) in [5, 5.41) is 8.39. The maximum atomic E-state index is 12.4. The minimum Gasteiger partial charge on any atom is -0.465 e. The van der Waals surface area contributed by atoms with Crippen LogP contribution in [0.25, 0.3) is 10.4 Å². The largest absolute Gasteiger partial charge is 0.465 e. The molecule has 4 bridgehead atoms. The molecule has 4 fully saturated rings. The van der Waals surface area contributed by atoms with Gasteiger partial charge in [-0.15, -0.1) is 11.3 Å². The Bertz CT molecular complexity index is 965. The molecule has 4 nitrogen and oxygen atoms in total. The number of thiocarbonyl (C=S) groups is 1. The van der Waals surface area contributed by atoms with Gasteiger partial charge in [-0.2, -0.15) is 0 Å². The Labute approximate surface area is 200 Å².